The highest BCUT2D eigenvalue weighted by atomic mass is 32.2. The zero-order valence-electron chi connectivity index (χ0n) is 7.55. The van der Waals surface area contributed by atoms with Crippen LogP contribution in [0.4, 0.5) is 0 Å². The van der Waals surface area contributed by atoms with E-state index in [1.54, 1.807) is 11.8 Å². The zero-order valence-corrected chi connectivity index (χ0v) is 8.37. The topological polar surface area (TPSA) is 26.0 Å². The van der Waals surface area contributed by atoms with Crippen LogP contribution in [0.5, 0.6) is 0 Å². The number of thioether (sulfide) groups is 1. The SMILES string of the molecule is C/C=C(C)\C=C(/N)SCCC. The molecule has 0 saturated heterocycles. The molecule has 0 aliphatic carbocycles. The summed E-state index contributed by atoms with van der Waals surface area (Å²) in [6.45, 7) is 6.23. The Bertz CT molecular complexity index is 159. The first kappa shape index (κ1) is 10.6. The Kier molecular flexibility index (Phi) is 6.13. The van der Waals surface area contributed by atoms with Gasteiger partial charge in [0.25, 0.3) is 0 Å². The smallest absolute Gasteiger partial charge is 0.0657 e. The van der Waals surface area contributed by atoms with Crippen molar-refractivity contribution in [1.29, 1.82) is 0 Å². The lowest BCUT2D eigenvalue weighted by Gasteiger charge is -1.98. The quantitative estimate of drug-likeness (QED) is 0.658. The zero-order chi connectivity index (χ0) is 8.69. The lowest BCUT2D eigenvalue weighted by Crippen LogP contribution is -1.93. The molecule has 0 aromatic carbocycles. The van der Waals surface area contributed by atoms with Gasteiger partial charge in [-0.25, -0.2) is 0 Å². The van der Waals surface area contributed by atoms with Crippen LogP contribution in [0.1, 0.15) is 27.2 Å². The number of rotatable bonds is 4. The van der Waals surface area contributed by atoms with E-state index >= 15 is 0 Å². The van der Waals surface area contributed by atoms with Gasteiger partial charge < -0.3 is 5.73 Å². The molecule has 0 fully saturated rings. The maximum atomic E-state index is 5.72. The molecule has 1 nitrogen and oxygen atoms in total. The van der Waals surface area contributed by atoms with Crippen molar-refractivity contribution in [3.8, 4) is 0 Å². The third-order valence-corrected chi connectivity index (χ3v) is 2.36. The van der Waals surface area contributed by atoms with E-state index in [1.165, 1.54) is 12.0 Å². The molecule has 11 heavy (non-hydrogen) atoms. The third kappa shape index (κ3) is 6.05. The van der Waals surface area contributed by atoms with E-state index in [2.05, 4.69) is 19.9 Å². The predicted octanol–water partition coefficient (Wildman–Crippen LogP) is 2.90. The van der Waals surface area contributed by atoms with Gasteiger partial charge in [-0.3, -0.25) is 0 Å². The van der Waals surface area contributed by atoms with Gasteiger partial charge >= 0.3 is 0 Å². The van der Waals surface area contributed by atoms with E-state index in [0.29, 0.717) is 0 Å². The van der Waals surface area contributed by atoms with Gasteiger partial charge in [0, 0.05) is 0 Å². The van der Waals surface area contributed by atoms with Crippen molar-refractivity contribution in [3.63, 3.8) is 0 Å². The summed E-state index contributed by atoms with van der Waals surface area (Å²) >= 11 is 1.72. The summed E-state index contributed by atoms with van der Waals surface area (Å²) < 4.78 is 0. The lowest BCUT2D eigenvalue weighted by molar-refractivity contribution is 1.11. The molecule has 0 amide bonds. The molecule has 0 spiro atoms. The van der Waals surface area contributed by atoms with Gasteiger partial charge in [-0.2, -0.15) is 0 Å². The molecule has 0 unspecified atom stereocenters. The number of hydrogen-bond donors (Lipinski definition) is 1. The minimum Gasteiger partial charge on any atom is -0.394 e. The van der Waals surface area contributed by atoms with Crippen molar-refractivity contribution < 1.29 is 0 Å². The Balaban J connectivity index is 3.80. The standard InChI is InChI=1S/C9H17NS/c1-4-6-11-9(10)7-8(3)5-2/h5,7H,4,6,10H2,1-3H3/b8-5-,9-7+. The molecule has 0 aliphatic rings. The molecular weight excluding hydrogens is 154 g/mol. The van der Waals surface area contributed by atoms with Crippen LogP contribution < -0.4 is 5.73 Å². The third-order valence-electron chi connectivity index (χ3n) is 1.30. The normalized spacial score (nSPS) is 13.7. The fourth-order valence-corrected chi connectivity index (χ4v) is 1.28. The van der Waals surface area contributed by atoms with Crippen molar-refractivity contribution in [2.45, 2.75) is 27.2 Å². The van der Waals surface area contributed by atoms with Crippen molar-refractivity contribution in [1.82, 2.24) is 0 Å². The van der Waals surface area contributed by atoms with E-state index < -0.39 is 0 Å². The number of nitrogens with two attached hydrogens (primary N) is 1. The second-order valence-electron chi connectivity index (χ2n) is 2.43. The summed E-state index contributed by atoms with van der Waals surface area (Å²) in [5.41, 5.74) is 6.95. The first-order valence-corrected chi connectivity index (χ1v) is 4.92. The van der Waals surface area contributed by atoms with E-state index in [9.17, 15) is 0 Å². The van der Waals surface area contributed by atoms with Crippen LogP contribution in [0.3, 0.4) is 0 Å². The fraction of sp³-hybridized carbons (Fsp3) is 0.556. The van der Waals surface area contributed by atoms with E-state index in [1.807, 2.05) is 13.0 Å². The van der Waals surface area contributed by atoms with Crippen LogP contribution in [-0.2, 0) is 0 Å². The van der Waals surface area contributed by atoms with Crippen LogP contribution in [0, 0.1) is 0 Å². The Morgan fingerprint density at radius 2 is 2.18 bits per heavy atom. The molecule has 0 heterocycles. The summed E-state index contributed by atoms with van der Waals surface area (Å²) in [7, 11) is 0. The monoisotopic (exact) mass is 171 g/mol. The highest BCUT2D eigenvalue weighted by molar-refractivity contribution is 8.02. The molecule has 0 aromatic rings. The average Bonchev–Trinajstić information content (AvgIpc) is 2.00. The molecule has 0 saturated carbocycles. The Morgan fingerprint density at radius 1 is 1.55 bits per heavy atom. The van der Waals surface area contributed by atoms with Crippen molar-refractivity contribution >= 4 is 11.8 Å². The largest absolute Gasteiger partial charge is 0.394 e. The first-order chi connectivity index (χ1) is 5.20. The van der Waals surface area contributed by atoms with Crippen LogP contribution in [0.25, 0.3) is 0 Å². The second-order valence-corrected chi connectivity index (χ2v) is 3.60. The lowest BCUT2D eigenvalue weighted by atomic mass is 10.3. The summed E-state index contributed by atoms with van der Waals surface area (Å²) in [6, 6.07) is 0. The Hall–Kier alpha value is -0.370. The molecule has 0 rings (SSSR count). The van der Waals surface area contributed by atoms with Crippen molar-refractivity contribution in [2.75, 3.05) is 5.75 Å². The van der Waals surface area contributed by atoms with Crippen LogP contribution in [-0.4, -0.2) is 5.75 Å². The number of allylic oxidation sites excluding steroid dienone is 3. The molecule has 0 bridgehead atoms. The van der Waals surface area contributed by atoms with Crippen LogP contribution in [0.15, 0.2) is 22.8 Å². The van der Waals surface area contributed by atoms with Gasteiger partial charge in [0.15, 0.2) is 0 Å². The van der Waals surface area contributed by atoms with Gasteiger partial charge in [0.1, 0.15) is 0 Å². The van der Waals surface area contributed by atoms with Gasteiger partial charge in [0.2, 0.25) is 0 Å². The van der Waals surface area contributed by atoms with E-state index in [0.717, 1.165) is 10.8 Å². The van der Waals surface area contributed by atoms with Crippen LogP contribution in [0.2, 0.25) is 0 Å². The number of hydrogen-bond acceptors (Lipinski definition) is 2. The summed E-state index contributed by atoms with van der Waals surface area (Å²) in [5, 5.41) is 0.919. The molecule has 0 aliphatic heterocycles. The summed E-state index contributed by atoms with van der Waals surface area (Å²) in [6.07, 6.45) is 5.24. The summed E-state index contributed by atoms with van der Waals surface area (Å²) in [5.74, 6) is 1.11. The predicted molar refractivity (Wildman–Crippen MR) is 54.5 cm³/mol. The van der Waals surface area contributed by atoms with Gasteiger partial charge in [-0.05, 0) is 32.1 Å². The van der Waals surface area contributed by atoms with Gasteiger partial charge in [-0.15, -0.1) is 11.8 Å². The molecular formula is C9H17NS. The van der Waals surface area contributed by atoms with Gasteiger partial charge in [0.05, 0.1) is 5.03 Å². The summed E-state index contributed by atoms with van der Waals surface area (Å²) in [4.78, 5) is 0. The second kappa shape index (κ2) is 6.35. The molecule has 0 radical (unpaired) electrons. The molecule has 0 atom stereocenters. The Morgan fingerprint density at radius 3 is 2.64 bits per heavy atom. The highest BCUT2D eigenvalue weighted by Crippen LogP contribution is 2.12. The van der Waals surface area contributed by atoms with Crippen molar-refractivity contribution in [3.05, 3.63) is 22.8 Å². The fourth-order valence-electron chi connectivity index (χ4n) is 0.569. The molecule has 0 aromatic heterocycles. The molecule has 2 heteroatoms. The minimum absolute atomic E-state index is 0.919. The molecule has 2 N–H and O–H groups in total. The maximum absolute atomic E-state index is 5.72. The van der Waals surface area contributed by atoms with Gasteiger partial charge in [-0.1, -0.05) is 18.6 Å². The highest BCUT2D eigenvalue weighted by Gasteiger charge is 1.89. The molecule has 64 valence electrons. The van der Waals surface area contributed by atoms with E-state index in [4.69, 9.17) is 5.73 Å². The van der Waals surface area contributed by atoms with Crippen LogP contribution >= 0.6 is 11.8 Å². The first-order valence-electron chi connectivity index (χ1n) is 3.93. The minimum atomic E-state index is 0.919. The van der Waals surface area contributed by atoms with E-state index in [-0.39, 0.29) is 0 Å². The Labute approximate surface area is 73.7 Å². The maximum Gasteiger partial charge on any atom is 0.0657 e. The van der Waals surface area contributed by atoms with Crippen molar-refractivity contribution in [2.24, 2.45) is 5.73 Å². The average molecular weight is 171 g/mol.